The molecule has 0 aromatic heterocycles. The third-order valence-electron chi connectivity index (χ3n) is 4.56. The quantitative estimate of drug-likeness (QED) is 0.224. The van der Waals surface area contributed by atoms with E-state index in [0.29, 0.717) is 28.0 Å². The SMILES string of the molecule is COC(=O)c1ccccc1-c1c2cc(Br)c(=[NH2+])cc-2oc2cc(N)c(Br)cc12.[Cl-]. The second kappa shape index (κ2) is 8.18. The number of esters is 1. The molecule has 0 bridgehead atoms. The van der Waals surface area contributed by atoms with Crippen molar-refractivity contribution in [1.82, 2.24) is 0 Å². The predicted molar refractivity (Wildman–Crippen MR) is 114 cm³/mol. The first kappa shape index (κ1) is 21.4. The molecule has 0 fully saturated rings. The number of hydrogen-bond donors (Lipinski definition) is 2. The molecule has 0 amide bonds. The molecular weight excluding hydrogens is 524 g/mol. The molecule has 148 valence electrons. The van der Waals surface area contributed by atoms with Gasteiger partial charge >= 0.3 is 5.97 Å². The summed E-state index contributed by atoms with van der Waals surface area (Å²) in [5.41, 5.74) is 10.0. The van der Waals surface area contributed by atoms with Gasteiger partial charge in [0.1, 0.15) is 11.3 Å². The van der Waals surface area contributed by atoms with E-state index in [1.54, 1.807) is 24.3 Å². The first-order valence-corrected chi connectivity index (χ1v) is 9.90. The molecule has 2 aromatic rings. The number of ether oxygens (including phenoxy) is 1. The van der Waals surface area contributed by atoms with E-state index in [-0.39, 0.29) is 12.4 Å². The summed E-state index contributed by atoms with van der Waals surface area (Å²) in [6.07, 6.45) is 0. The van der Waals surface area contributed by atoms with E-state index in [0.717, 1.165) is 31.0 Å². The lowest BCUT2D eigenvalue weighted by Gasteiger charge is -2.18. The van der Waals surface area contributed by atoms with E-state index in [9.17, 15) is 4.79 Å². The highest BCUT2D eigenvalue weighted by atomic mass is 79.9. The van der Waals surface area contributed by atoms with E-state index < -0.39 is 5.97 Å². The van der Waals surface area contributed by atoms with Crippen LogP contribution in [0.25, 0.3) is 33.4 Å². The van der Waals surface area contributed by atoms with Gasteiger partial charge in [-0.05, 0) is 55.6 Å². The summed E-state index contributed by atoms with van der Waals surface area (Å²) in [5.74, 6) is 0.173. The van der Waals surface area contributed by atoms with Crippen LogP contribution in [0.3, 0.4) is 0 Å². The third kappa shape index (κ3) is 3.66. The molecule has 2 aliphatic rings. The van der Waals surface area contributed by atoms with Crippen LogP contribution in [-0.2, 0) is 4.74 Å². The summed E-state index contributed by atoms with van der Waals surface area (Å²) in [5, 5.41) is 7.42. The minimum Gasteiger partial charge on any atom is -1.00 e. The van der Waals surface area contributed by atoms with Crippen LogP contribution >= 0.6 is 31.9 Å². The Labute approximate surface area is 189 Å². The van der Waals surface area contributed by atoms with Crippen molar-refractivity contribution >= 4 is 54.5 Å². The van der Waals surface area contributed by atoms with Crippen LogP contribution in [0.15, 0.2) is 61.9 Å². The van der Waals surface area contributed by atoms with Crippen molar-refractivity contribution in [2.24, 2.45) is 0 Å². The number of nitrogens with two attached hydrogens (primary N) is 2. The fourth-order valence-electron chi connectivity index (χ4n) is 3.24. The highest BCUT2D eigenvalue weighted by Crippen LogP contribution is 2.43. The standard InChI is InChI=1S/C21H14Br2N2O3.ClH/c1-27-21(26)11-5-3-2-4-10(11)20-12-6-14(22)16(24)8-18(12)28-19-9-17(25)15(23)7-13(19)20;/h2-9,24H,25H2,1H3;1H. The van der Waals surface area contributed by atoms with E-state index in [4.69, 9.17) is 20.3 Å². The summed E-state index contributed by atoms with van der Waals surface area (Å²) < 4.78 is 12.5. The second-order valence-corrected chi connectivity index (χ2v) is 7.96. The lowest BCUT2D eigenvalue weighted by molar-refractivity contribution is -0.173. The van der Waals surface area contributed by atoms with Gasteiger partial charge in [-0.1, -0.05) is 18.2 Å². The minimum absolute atomic E-state index is 0. The molecular formula is C21H15Br2ClN2O3. The number of fused-ring (bicyclic) bond motifs is 2. The first-order chi connectivity index (χ1) is 13.4. The summed E-state index contributed by atoms with van der Waals surface area (Å²) in [4.78, 5) is 12.4. The second-order valence-electron chi connectivity index (χ2n) is 6.25. The molecule has 4 rings (SSSR count). The monoisotopic (exact) mass is 536 g/mol. The molecule has 5 nitrogen and oxygen atoms in total. The molecule has 29 heavy (non-hydrogen) atoms. The maximum absolute atomic E-state index is 12.4. The van der Waals surface area contributed by atoms with Crippen LogP contribution in [0, 0.1) is 0 Å². The van der Waals surface area contributed by atoms with Gasteiger partial charge in [0.2, 0.25) is 5.36 Å². The molecule has 1 aliphatic heterocycles. The Kier molecular flexibility index (Phi) is 6.03. The van der Waals surface area contributed by atoms with Crippen molar-refractivity contribution in [2.75, 3.05) is 12.8 Å². The summed E-state index contributed by atoms with van der Waals surface area (Å²) >= 11 is 6.97. The van der Waals surface area contributed by atoms with Gasteiger partial charge in [0, 0.05) is 32.7 Å². The lowest BCUT2D eigenvalue weighted by atomic mass is 9.90. The van der Waals surface area contributed by atoms with E-state index in [2.05, 4.69) is 31.9 Å². The molecule has 1 heterocycles. The highest BCUT2D eigenvalue weighted by Gasteiger charge is 2.23. The number of rotatable bonds is 2. The van der Waals surface area contributed by atoms with Gasteiger partial charge in [0.15, 0.2) is 0 Å². The molecule has 8 heteroatoms. The highest BCUT2D eigenvalue weighted by molar-refractivity contribution is 9.10. The van der Waals surface area contributed by atoms with Gasteiger partial charge in [-0.3, -0.25) is 5.41 Å². The molecule has 0 atom stereocenters. The molecule has 0 spiro atoms. The van der Waals surface area contributed by atoms with Crippen LogP contribution in [-0.4, -0.2) is 13.1 Å². The van der Waals surface area contributed by atoms with Gasteiger partial charge in [0.25, 0.3) is 0 Å². The number of carbonyl (C=O) groups excluding carboxylic acids is 1. The zero-order chi connectivity index (χ0) is 20.0. The van der Waals surface area contributed by atoms with Gasteiger partial charge in [-0.2, -0.15) is 0 Å². The van der Waals surface area contributed by atoms with Gasteiger partial charge in [0.05, 0.1) is 23.2 Å². The Hall–Kier alpha value is -2.35. The number of benzene rings is 3. The fraction of sp³-hybridized carbons (Fsp3) is 0.0476. The smallest absolute Gasteiger partial charge is 0.338 e. The molecule has 0 saturated carbocycles. The summed E-state index contributed by atoms with van der Waals surface area (Å²) in [7, 11) is 1.37. The van der Waals surface area contributed by atoms with Gasteiger partial charge < -0.3 is 27.3 Å². The average Bonchev–Trinajstić information content (AvgIpc) is 2.68. The fourth-order valence-corrected chi connectivity index (χ4v) is 3.93. The van der Waals surface area contributed by atoms with Crippen LogP contribution in [0.2, 0.25) is 0 Å². The Morgan fingerprint density at radius 3 is 2.52 bits per heavy atom. The van der Waals surface area contributed by atoms with Crippen molar-refractivity contribution in [2.45, 2.75) is 0 Å². The third-order valence-corrected chi connectivity index (χ3v) is 5.93. The zero-order valence-electron chi connectivity index (χ0n) is 15.1. The van der Waals surface area contributed by atoms with Gasteiger partial charge in [-0.25, -0.2) is 4.79 Å². The molecule has 0 radical (unpaired) electrons. The topological polar surface area (TPSA) is 91.0 Å². The molecule has 2 aromatic carbocycles. The first-order valence-electron chi connectivity index (χ1n) is 8.32. The van der Waals surface area contributed by atoms with E-state index in [1.807, 2.05) is 24.3 Å². The van der Waals surface area contributed by atoms with Crippen molar-refractivity contribution in [3.8, 4) is 22.5 Å². The Morgan fingerprint density at radius 2 is 1.79 bits per heavy atom. The number of anilines is 1. The lowest BCUT2D eigenvalue weighted by Crippen LogP contribution is -3.00. The maximum Gasteiger partial charge on any atom is 0.338 e. The predicted octanol–water partition coefficient (Wildman–Crippen LogP) is 0.762. The average molecular weight is 539 g/mol. The molecule has 0 saturated heterocycles. The number of halogens is 3. The van der Waals surface area contributed by atoms with Crippen LogP contribution in [0.4, 0.5) is 5.69 Å². The maximum atomic E-state index is 12.4. The van der Waals surface area contributed by atoms with Crippen molar-refractivity contribution < 1.29 is 31.8 Å². The van der Waals surface area contributed by atoms with E-state index >= 15 is 0 Å². The number of nitrogen functional groups attached to an aromatic ring is 1. The number of carbonyl (C=O) groups is 1. The van der Waals surface area contributed by atoms with Crippen molar-refractivity contribution in [1.29, 1.82) is 0 Å². The van der Waals surface area contributed by atoms with Crippen molar-refractivity contribution in [3.63, 3.8) is 0 Å². The summed E-state index contributed by atoms with van der Waals surface area (Å²) in [6.45, 7) is 0. The minimum atomic E-state index is -0.415. The Balaban J connectivity index is 0.00000240. The normalized spacial score (nSPS) is 10.7. The zero-order valence-corrected chi connectivity index (χ0v) is 19.1. The Morgan fingerprint density at radius 1 is 1.07 bits per heavy atom. The van der Waals surface area contributed by atoms with E-state index in [1.165, 1.54) is 7.11 Å². The largest absolute Gasteiger partial charge is 1.00 e. The van der Waals surface area contributed by atoms with Crippen molar-refractivity contribution in [3.05, 3.63) is 68.4 Å². The van der Waals surface area contributed by atoms with Crippen LogP contribution in [0.1, 0.15) is 10.4 Å². The van der Waals surface area contributed by atoms with Crippen LogP contribution in [0.5, 0.6) is 0 Å². The number of hydrogen-bond acceptors (Lipinski definition) is 4. The Bertz CT molecular complexity index is 1290. The number of methoxy groups -OCH3 is 1. The summed E-state index contributed by atoms with van der Waals surface area (Å²) in [6, 6.07) is 14.6. The molecule has 0 unspecified atom stereocenters. The van der Waals surface area contributed by atoms with Gasteiger partial charge in [-0.15, -0.1) is 0 Å². The molecule has 4 N–H and O–H groups in total. The molecule has 1 aliphatic carbocycles. The van der Waals surface area contributed by atoms with Crippen LogP contribution < -0.4 is 28.9 Å².